The van der Waals surface area contributed by atoms with Crippen LogP contribution in [0, 0.1) is 24.4 Å². The van der Waals surface area contributed by atoms with Gasteiger partial charge in [0.2, 0.25) is 0 Å². The lowest BCUT2D eigenvalue weighted by Crippen LogP contribution is -2.21. The molecule has 0 aliphatic heterocycles. The van der Waals surface area contributed by atoms with E-state index in [1.54, 1.807) is 13.0 Å². The van der Waals surface area contributed by atoms with Crippen LogP contribution in [-0.4, -0.2) is 11.1 Å². The van der Waals surface area contributed by atoms with Crippen LogP contribution < -0.4 is 5.32 Å². The van der Waals surface area contributed by atoms with E-state index in [0.29, 0.717) is 5.56 Å². The number of carboxylic acid groups (broad SMARTS) is 1. The van der Waals surface area contributed by atoms with E-state index in [2.05, 4.69) is 5.32 Å². The van der Waals surface area contributed by atoms with Crippen LogP contribution in [0.2, 0.25) is 0 Å². The molecule has 0 aliphatic carbocycles. The quantitative estimate of drug-likeness (QED) is 0.905. The van der Waals surface area contributed by atoms with Gasteiger partial charge in [-0.25, -0.2) is 18.0 Å². The monoisotopic (exact) mass is 295 g/mol. The molecule has 110 valence electrons. The highest BCUT2D eigenvalue weighted by Gasteiger charge is 2.21. The maximum atomic E-state index is 13.3. The van der Waals surface area contributed by atoms with Crippen LogP contribution >= 0.6 is 0 Å². The van der Waals surface area contributed by atoms with Crippen LogP contribution in [0.25, 0.3) is 0 Å². The summed E-state index contributed by atoms with van der Waals surface area (Å²) in [6.07, 6.45) is 0. The summed E-state index contributed by atoms with van der Waals surface area (Å²) in [7, 11) is 0. The molecule has 0 aromatic heterocycles. The molecule has 2 N–H and O–H groups in total. The fourth-order valence-corrected chi connectivity index (χ4v) is 1.97. The number of nitrogens with one attached hydrogen (secondary N) is 1. The van der Waals surface area contributed by atoms with Crippen molar-refractivity contribution in [3.8, 4) is 0 Å². The van der Waals surface area contributed by atoms with Gasteiger partial charge < -0.3 is 10.4 Å². The molecule has 0 bridgehead atoms. The highest BCUT2D eigenvalue weighted by Crippen LogP contribution is 2.23. The number of aryl methyl sites for hydroxylation is 1. The van der Waals surface area contributed by atoms with Gasteiger partial charge in [0.15, 0.2) is 17.7 Å². The molecule has 1 atom stereocenters. The van der Waals surface area contributed by atoms with Crippen molar-refractivity contribution in [1.82, 2.24) is 0 Å². The minimum absolute atomic E-state index is 0.0308. The van der Waals surface area contributed by atoms with Crippen LogP contribution in [0.4, 0.5) is 18.9 Å². The summed E-state index contributed by atoms with van der Waals surface area (Å²) in [4.78, 5) is 11.3. The SMILES string of the molecule is Cc1cc(F)cc(NC(C(=O)O)c2ccc(F)c(F)c2)c1. The third-order valence-corrected chi connectivity index (χ3v) is 2.88. The Morgan fingerprint density at radius 3 is 2.38 bits per heavy atom. The zero-order chi connectivity index (χ0) is 15.6. The second-order valence-corrected chi connectivity index (χ2v) is 4.61. The molecule has 0 aliphatic rings. The highest BCUT2D eigenvalue weighted by molar-refractivity contribution is 5.79. The van der Waals surface area contributed by atoms with Gasteiger partial charge >= 0.3 is 5.97 Å². The van der Waals surface area contributed by atoms with E-state index in [0.717, 1.165) is 24.3 Å². The molecule has 6 heteroatoms. The molecule has 21 heavy (non-hydrogen) atoms. The van der Waals surface area contributed by atoms with Crippen molar-refractivity contribution < 1.29 is 23.1 Å². The molecule has 3 nitrogen and oxygen atoms in total. The number of carboxylic acids is 1. The maximum Gasteiger partial charge on any atom is 0.330 e. The number of anilines is 1. The number of aliphatic carboxylic acids is 1. The first-order valence-electron chi connectivity index (χ1n) is 6.08. The first-order valence-corrected chi connectivity index (χ1v) is 6.08. The number of benzene rings is 2. The van der Waals surface area contributed by atoms with Crippen molar-refractivity contribution in [2.75, 3.05) is 5.32 Å². The normalized spacial score (nSPS) is 12.0. The number of hydrogen-bond donors (Lipinski definition) is 2. The van der Waals surface area contributed by atoms with Gasteiger partial charge in [-0.3, -0.25) is 0 Å². The molecule has 0 heterocycles. The van der Waals surface area contributed by atoms with Crippen molar-refractivity contribution in [2.45, 2.75) is 13.0 Å². The topological polar surface area (TPSA) is 49.3 Å². The van der Waals surface area contributed by atoms with Crippen LogP contribution in [0.1, 0.15) is 17.2 Å². The molecule has 0 spiro atoms. The zero-order valence-corrected chi connectivity index (χ0v) is 11.0. The molecule has 1 unspecified atom stereocenters. The van der Waals surface area contributed by atoms with E-state index in [1.807, 2.05) is 0 Å². The Bertz CT molecular complexity index is 668. The van der Waals surface area contributed by atoms with Crippen LogP contribution in [0.15, 0.2) is 36.4 Å². The van der Waals surface area contributed by atoms with E-state index in [9.17, 15) is 23.1 Å². The van der Waals surface area contributed by atoms with Gasteiger partial charge in [0.25, 0.3) is 0 Å². The Morgan fingerprint density at radius 1 is 1.10 bits per heavy atom. The van der Waals surface area contributed by atoms with Gasteiger partial charge in [-0.05, 0) is 48.4 Å². The Hall–Kier alpha value is -2.50. The van der Waals surface area contributed by atoms with Gasteiger partial charge in [-0.1, -0.05) is 6.07 Å². The Labute approximate surface area is 119 Å². The maximum absolute atomic E-state index is 13.3. The third kappa shape index (κ3) is 3.53. The minimum atomic E-state index is -1.32. The second-order valence-electron chi connectivity index (χ2n) is 4.61. The predicted molar refractivity (Wildman–Crippen MR) is 71.5 cm³/mol. The smallest absolute Gasteiger partial charge is 0.330 e. The Kier molecular flexibility index (Phi) is 4.16. The third-order valence-electron chi connectivity index (χ3n) is 2.88. The van der Waals surface area contributed by atoms with E-state index in [-0.39, 0.29) is 11.3 Å². The van der Waals surface area contributed by atoms with E-state index < -0.39 is 29.5 Å². The minimum Gasteiger partial charge on any atom is -0.479 e. The largest absolute Gasteiger partial charge is 0.479 e. The van der Waals surface area contributed by atoms with Crippen molar-refractivity contribution in [2.24, 2.45) is 0 Å². The summed E-state index contributed by atoms with van der Waals surface area (Å²) >= 11 is 0. The predicted octanol–water partition coefficient (Wildman–Crippen LogP) is 3.65. The van der Waals surface area contributed by atoms with Gasteiger partial charge in [0, 0.05) is 5.69 Å². The zero-order valence-electron chi connectivity index (χ0n) is 11.0. The summed E-state index contributed by atoms with van der Waals surface area (Å²) < 4.78 is 39.4. The Balaban J connectivity index is 2.35. The standard InChI is InChI=1S/C15H12F3NO2/c1-8-4-10(16)7-11(5-8)19-14(15(20)21)9-2-3-12(17)13(18)6-9/h2-7,14,19H,1H3,(H,20,21). The van der Waals surface area contributed by atoms with E-state index in [4.69, 9.17) is 0 Å². The summed E-state index contributed by atoms with van der Waals surface area (Å²) in [5.41, 5.74) is 0.875. The second kappa shape index (κ2) is 5.87. The molecule has 0 saturated heterocycles. The fraction of sp³-hybridized carbons (Fsp3) is 0.133. The number of halogens is 3. The van der Waals surface area contributed by atoms with Gasteiger partial charge in [0.05, 0.1) is 0 Å². The molecule has 0 saturated carbocycles. The summed E-state index contributed by atoms with van der Waals surface area (Å²) in [6.45, 7) is 1.65. The Morgan fingerprint density at radius 2 is 1.81 bits per heavy atom. The van der Waals surface area contributed by atoms with Gasteiger partial charge in [0.1, 0.15) is 5.82 Å². The molecule has 2 aromatic carbocycles. The highest BCUT2D eigenvalue weighted by atomic mass is 19.2. The van der Waals surface area contributed by atoms with E-state index in [1.165, 1.54) is 6.07 Å². The van der Waals surface area contributed by atoms with Crippen molar-refractivity contribution in [3.63, 3.8) is 0 Å². The number of carbonyl (C=O) groups is 1. The molecule has 0 amide bonds. The summed E-state index contributed by atoms with van der Waals surface area (Å²) in [5.74, 6) is -4.02. The van der Waals surface area contributed by atoms with Crippen LogP contribution in [-0.2, 0) is 4.79 Å². The molecule has 2 aromatic rings. The first kappa shape index (κ1) is 14.9. The fourth-order valence-electron chi connectivity index (χ4n) is 1.97. The summed E-state index contributed by atoms with van der Waals surface area (Å²) in [5, 5.41) is 11.8. The molecular weight excluding hydrogens is 283 g/mol. The van der Waals surface area contributed by atoms with Crippen LogP contribution in [0.3, 0.4) is 0 Å². The average Bonchev–Trinajstić information content (AvgIpc) is 2.38. The molecular formula is C15H12F3NO2. The first-order chi connectivity index (χ1) is 9.86. The van der Waals surface area contributed by atoms with Crippen molar-refractivity contribution in [3.05, 3.63) is 65.0 Å². The number of hydrogen-bond acceptors (Lipinski definition) is 2. The lowest BCUT2D eigenvalue weighted by atomic mass is 10.1. The van der Waals surface area contributed by atoms with Crippen LogP contribution in [0.5, 0.6) is 0 Å². The van der Waals surface area contributed by atoms with Gasteiger partial charge in [-0.15, -0.1) is 0 Å². The lowest BCUT2D eigenvalue weighted by Gasteiger charge is -2.17. The van der Waals surface area contributed by atoms with Crippen molar-refractivity contribution in [1.29, 1.82) is 0 Å². The average molecular weight is 295 g/mol. The van der Waals surface area contributed by atoms with Crippen molar-refractivity contribution >= 4 is 11.7 Å². The lowest BCUT2D eigenvalue weighted by molar-refractivity contribution is -0.138. The number of rotatable bonds is 4. The molecule has 0 fully saturated rings. The van der Waals surface area contributed by atoms with Gasteiger partial charge in [-0.2, -0.15) is 0 Å². The van der Waals surface area contributed by atoms with E-state index >= 15 is 0 Å². The molecule has 0 radical (unpaired) electrons. The summed E-state index contributed by atoms with van der Waals surface area (Å²) in [6, 6.07) is 5.46. The molecule has 2 rings (SSSR count).